The summed E-state index contributed by atoms with van der Waals surface area (Å²) in [7, 11) is -14.3. The van der Waals surface area contributed by atoms with Crippen LogP contribution in [0.2, 0.25) is 0 Å². The summed E-state index contributed by atoms with van der Waals surface area (Å²) in [4.78, 5) is -1.71. The van der Waals surface area contributed by atoms with E-state index in [0.717, 1.165) is 18.2 Å². The van der Waals surface area contributed by atoms with Crippen LogP contribution in [0.25, 0.3) is 32.3 Å². The van der Waals surface area contributed by atoms with Gasteiger partial charge < -0.3 is 10.8 Å². The fraction of sp³-hybridized carbons (Fsp3) is 0. The van der Waals surface area contributed by atoms with Gasteiger partial charge in [-0.2, -0.15) is 30.4 Å². The van der Waals surface area contributed by atoms with Crippen molar-refractivity contribution in [2.75, 3.05) is 5.73 Å². The summed E-state index contributed by atoms with van der Waals surface area (Å²) in [6, 6.07) is 27.2. The first-order chi connectivity index (χ1) is 26.5. The molecule has 7 rings (SSSR count). The second-order valence-electron chi connectivity index (χ2n) is 12.0. The number of anilines is 1. The van der Waals surface area contributed by atoms with Crippen LogP contribution in [0.4, 0.5) is 39.8 Å². The molecule has 0 saturated carbocycles. The molecule has 0 aliphatic rings. The zero-order chi connectivity index (χ0) is 40.0. The minimum Gasteiger partial charge on any atom is -0.505 e. The van der Waals surface area contributed by atoms with Crippen molar-refractivity contribution >= 4 is 191 Å². The molecule has 0 amide bonds. The molecule has 3 radical (unpaired) electrons. The molecule has 17 nitrogen and oxygen atoms in total. The quantitative estimate of drug-likeness (QED) is 0.0398. The number of fused-ring (bicyclic) bond motifs is 3. The van der Waals surface area contributed by atoms with Gasteiger partial charge >= 0.3 is 0 Å². The van der Waals surface area contributed by atoms with Gasteiger partial charge in [-0.1, -0.05) is 36.4 Å². The van der Waals surface area contributed by atoms with E-state index in [0.29, 0.717) is 16.8 Å². The second-order valence-corrected chi connectivity index (χ2v) is 16.3. The average molecular weight is 881 g/mol. The Morgan fingerprint density at radius 1 is 0.441 bits per heavy atom. The third-order valence-electron chi connectivity index (χ3n) is 8.39. The van der Waals surface area contributed by atoms with E-state index in [1.807, 2.05) is 6.07 Å². The molecule has 6 N–H and O–H groups in total. The predicted molar refractivity (Wildman–Crippen MR) is 224 cm³/mol. The molecular weight excluding hydrogens is 856 g/mol. The topological polar surface area (TPSA) is 284 Å². The van der Waals surface area contributed by atoms with E-state index < -0.39 is 56.5 Å². The Balaban J connectivity index is 0.00000256. The second kappa shape index (κ2) is 19.0. The Kier molecular flexibility index (Phi) is 15.5. The average Bonchev–Trinajstić information content (AvgIpc) is 3.15. The molecule has 7 aromatic rings. The Hall–Kier alpha value is -3.55. The van der Waals surface area contributed by atoms with E-state index in [-0.39, 0.29) is 138 Å². The molecule has 0 spiro atoms. The van der Waals surface area contributed by atoms with Crippen LogP contribution in [-0.4, -0.2) is 133 Å². The van der Waals surface area contributed by atoms with Crippen molar-refractivity contribution in [3.63, 3.8) is 0 Å². The number of benzene rings is 7. The first-order valence-corrected chi connectivity index (χ1v) is 20.2. The smallest absolute Gasteiger partial charge is 0.296 e. The van der Waals surface area contributed by atoms with E-state index in [4.69, 9.17) is 5.73 Å². The number of azo groups is 3. The van der Waals surface area contributed by atoms with Crippen LogP contribution in [-0.2, 0) is 30.4 Å². The maximum atomic E-state index is 12.3. The minimum absolute atomic E-state index is 0. The van der Waals surface area contributed by atoms with Crippen molar-refractivity contribution in [3.05, 3.63) is 115 Å². The van der Waals surface area contributed by atoms with Crippen LogP contribution in [0.15, 0.2) is 161 Å². The number of rotatable bonds is 9. The zero-order valence-corrected chi connectivity index (χ0v) is 39.6. The van der Waals surface area contributed by atoms with Crippen LogP contribution in [0.5, 0.6) is 5.75 Å². The Labute approximate surface area is 402 Å². The van der Waals surface area contributed by atoms with Crippen molar-refractivity contribution in [1.29, 1.82) is 0 Å². The summed E-state index contributed by atoms with van der Waals surface area (Å²) in [5.74, 6) is -0.647. The Morgan fingerprint density at radius 3 is 1.37 bits per heavy atom. The van der Waals surface area contributed by atoms with Gasteiger partial charge in [0, 0.05) is 121 Å². The van der Waals surface area contributed by atoms with Crippen molar-refractivity contribution in [2.45, 2.75) is 14.7 Å². The van der Waals surface area contributed by atoms with Crippen molar-refractivity contribution in [3.8, 4) is 5.75 Å². The molecule has 59 heavy (non-hydrogen) atoms. The number of hydrogen-bond donors (Lipinski definition) is 5. The molecule has 0 saturated heterocycles. The van der Waals surface area contributed by atoms with Gasteiger partial charge in [0.2, 0.25) is 0 Å². The van der Waals surface area contributed by atoms with Crippen LogP contribution in [0.3, 0.4) is 0 Å². The number of nitrogens with two attached hydrogens (primary N) is 1. The molecule has 0 atom stereocenters. The van der Waals surface area contributed by atoms with E-state index in [1.54, 1.807) is 30.3 Å². The minimum atomic E-state index is -4.94. The van der Waals surface area contributed by atoms with Crippen LogP contribution in [0.1, 0.15) is 0 Å². The summed E-state index contributed by atoms with van der Waals surface area (Å²) in [5, 5.41) is 37.4. The summed E-state index contributed by atoms with van der Waals surface area (Å²) >= 11 is 0. The van der Waals surface area contributed by atoms with Crippen LogP contribution < -0.4 is 5.73 Å². The SMILES string of the molecule is Nc1ccc2cc(S(=O)(=O)O)c(N=Nc3ccc(N=Nc4ccc(N=Nc5ccccc5)c5ccc(S(=O)(=O)O)cc45)c4cc(S(=O)(=O)O)ccc34)c(O)c2c1.[Na].[Na].[Na]. The van der Waals surface area contributed by atoms with Gasteiger partial charge in [0.05, 0.1) is 38.2 Å². The fourth-order valence-electron chi connectivity index (χ4n) is 5.73. The summed E-state index contributed by atoms with van der Waals surface area (Å²) in [5.41, 5.74) is 6.51. The van der Waals surface area contributed by atoms with Gasteiger partial charge in [0.1, 0.15) is 10.6 Å². The van der Waals surface area contributed by atoms with Crippen molar-refractivity contribution in [1.82, 2.24) is 0 Å². The number of nitrogen functional groups attached to an aromatic ring is 1. The maximum absolute atomic E-state index is 12.3. The zero-order valence-electron chi connectivity index (χ0n) is 31.2. The number of phenols is 1. The van der Waals surface area contributed by atoms with Crippen molar-refractivity contribution < 1.29 is 44.0 Å². The largest absolute Gasteiger partial charge is 0.505 e. The first-order valence-electron chi connectivity index (χ1n) is 15.9. The number of hydrogen-bond acceptors (Lipinski definition) is 14. The molecule has 0 aliphatic carbocycles. The fourth-order valence-corrected chi connectivity index (χ4v) is 7.40. The van der Waals surface area contributed by atoms with Gasteiger partial charge in [-0.3, -0.25) is 13.7 Å². The molecule has 285 valence electrons. The first kappa shape index (κ1) is 48.1. The van der Waals surface area contributed by atoms with Gasteiger partial charge in [-0.05, 0) is 84.2 Å². The van der Waals surface area contributed by atoms with Gasteiger partial charge in [-0.15, -0.1) is 25.6 Å². The normalized spacial score (nSPS) is 12.3. The number of nitrogens with zero attached hydrogens (tertiary/aromatic N) is 6. The molecule has 0 heterocycles. The van der Waals surface area contributed by atoms with Gasteiger partial charge in [-0.25, -0.2) is 0 Å². The standard InChI is InChI=1S/C36H25N7O10S3.3Na/c37-21-7-6-20-16-34(56(51,52)53)35(36(44)27(20)17-21)43-42-31-13-15-33(29-19-24(55(48,49)50)9-11-26(29)31)41-40-32-14-12-30(39-38-22-4-2-1-3-5-22)25-10-8-23(18-28(25)32)54(45,46)47;;;/h1-19,44H,37H2,(H,45,46,47)(H,48,49,50)(H,51,52,53);;;. The van der Waals surface area contributed by atoms with E-state index in [1.165, 1.54) is 60.7 Å². The third kappa shape index (κ3) is 10.7. The van der Waals surface area contributed by atoms with Crippen molar-refractivity contribution in [2.24, 2.45) is 30.7 Å². The van der Waals surface area contributed by atoms with E-state index in [2.05, 4.69) is 30.7 Å². The molecule has 23 heteroatoms. The summed E-state index contributed by atoms with van der Waals surface area (Å²) in [6.45, 7) is 0. The monoisotopic (exact) mass is 880 g/mol. The maximum Gasteiger partial charge on any atom is 0.296 e. The number of phenolic OH excluding ortho intramolecular Hbond substituents is 1. The van der Waals surface area contributed by atoms with Crippen LogP contribution in [0, 0.1) is 0 Å². The predicted octanol–water partition coefficient (Wildman–Crippen LogP) is 8.28. The Morgan fingerprint density at radius 2 is 0.898 bits per heavy atom. The summed E-state index contributed by atoms with van der Waals surface area (Å²) in [6.07, 6.45) is 0. The van der Waals surface area contributed by atoms with Gasteiger partial charge in [0.25, 0.3) is 30.4 Å². The summed E-state index contributed by atoms with van der Waals surface area (Å²) < 4.78 is 103. The van der Waals surface area contributed by atoms with E-state index >= 15 is 0 Å². The van der Waals surface area contributed by atoms with E-state index in [9.17, 15) is 44.0 Å². The molecule has 7 aromatic carbocycles. The van der Waals surface area contributed by atoms with Gasteiger partial charge in [0.15, 0.2) is 5.75 Å². The van der Waals surface area contributed by atoms with Crippen LogP contribution >= 0.6 is 0 Å². The molecule has 0 bridgehead atoms. The molecule has 0 aromatic heterocycles. The molecule has 0 unspecified atom stereocenters. The molecular formula is C36H25N7Na3O10S3. The molecule has 0 aliphatic heterocycles. The number of aromatic hydroxyl groups is 1. The molecule has 0 fully saturated rings. The Bertz CT molecular complexity index is 3210. The third-order valence-corrected chi connectivity index (χ3v) is 11.0.